The molecule has 6 heteroatoms. The van der Waals surface area contributed by atoms with Crippen molar-refractivity contribution < 1.29 is 10.0 Å². The van der Waals surface area contributed by atoms with Crippen LogP contribution in [0.3, 0.4) is 0 Å². The minimum atomic E-state index is 0.122. The van der Waals surface area contributed by atoms with E-state index in [9.17, 15) is 10.4 Å². The molecule has 1 aromatic carbocycles. The number of likely N-dealkylation sites (N-methyl/N-ethyl adjacent to an activating group) is 1. The van der Waals surface area contributed by atoms with Gasteiger partial charge in [0, 0.05) is 23.2 Å². The summed E-state index contributed by atoms with van der Waals surface area (Å²) in [5, 5.41) is 20.5. The second kappa shape index (κ2) is 6.09. The van der Waals surface area contributed by atoms with Crippen LogP contribution in [0.1, 0.15) is 21.6 Å². The van der Waals surface area contributed by atoms with Crippen LogP contribution in [0.5, 0.6) is 5.75 Å². The molecule has 22 heavy (non-hydrogen) atoms. The topological polar surface area (TPSA) is 60.8 Å². The first kappa shape index (κ1) is 15.0. The number of nitrogens with zero attached hydrogens (tertiary/aromatic N) is 2. The average Bonchev–Trinajstić information content (AvgIpc) is 2.84. The molecule has 2 N–H and O–H groups in total. The quantitative estimate of drug-likeness (QED) is 0.829. The van der Waals surface area contributed by atoms with Crippen LogP contribution in [0.4, 0.5) is 5.00 Å². The Bertz CT molecular complexity index is 791. The number of nitrogens with one attached hydrogen (secondary N) is 1. The monoisotopic (exact) mass is 332 g/mol. The van der Waals surface area contributed by atoms with Crippen LogP contribution in [-0.4, -0.2) is 24.9 Å². The highest BCUT2D eigenvalue weighted by atomic mass is 35.5. The van der Waals surface area contributed by atoms with Crippen LogP contribution >= 0.6 is 22.9 Å². The maximum Gasteiger partial charge on any atom is 0.134 e. The summed E-state index contributed by atoms with van der Waals surface area (Å²) >= 11 is 7.49. The molecule has 0 amide bonds. The molecule has 1 unspecified atom stereocenters. The van der Waals surface area contributed by atoms with Crippen molar-refractivity contribution in [2.45, 2.75) is 13.0 Å². The van der Waals surface area contributed by atoms with Crippen molar-refractivity contribution in [3.05, 3.63) is 44.8 Å². The van der Waals surface area contributed by atoms with Gasteiger partial charge in [-0.1, -0.05) is 11.6 Å². The lowest BCUT2D eigenvalue weighted by Crippen LogP contribution is -3.08. The summed E-state index contributed by atoms with van der Waals surface area (Å²) in [5.41, 5.74) is 2.36. The van der Waals surface area contributed by atoms with Crippen LogP contribution < -0.4 is 4.90 Å². The number of nitriles is 1. The predicted octanol–water partition coefficient (Wildman–Crippen LogP) is 2.30. The van der Waals surface area contributed by atoms with Crippen molar-refractivity contribution in [1.82, 2.24) is 0 Å². The summed E-state index contributed by atoms with van der Waals surface area (Å²) in [6.07, 6.45) is 2.48. The third-order valence-electron chi connectivity index (χ3n) is 3.76. The number of phenolic OH excluding ortho intramolecular Hbond substituents is 1. The molecule has 0 saturated heterocycles. The summed E-state index contributed by atoms with van der Waals surface area (Å²) in [7, 11) is 2.15. The zero-order chi connectivity index (χ0) is 15.7. The molecule has 1 aliphatic heterocycles. The third-order valence-corrected chi connectivity index (χ3v) is 5.13. The van der Waals surface area contributed by atoms with E-state index in [-0.39, 0.29) is 5.75 Å². The van der Waals surface area contributed by atoms with Gasteiger partial charge in [0.1, 0.15) is 23.4 Å². The SMILES string of the molecule is C[NH+]1CCc2c(sc(/N=C/c3cc(Cl)ccc3O)c2C#N)C1. The Morgan fingerprint density at radius 1 is 1.50 bits per heavy atom. The summed E-state index contributed by atoms with van der Waals surface area (Å²) in [5.74, 6) is 0.122. The van der Waals surface area contributed by atoms with Gasteiger partial charge in [-0.05, 0) is 23.8 Å². The fourth-order valence-electron chi connectivity index (χ4n) is 2.57. The lowest BCUT2D eigenvalue weighted by molar-refractivity contribution is -0.895. The van der Waals surface area contributed by atoms with Gasteiger partial charge in [-0.25, -0.2) is 4.99 Å². The number of hydrogen-bond donors (Lipinski definition) is 2. The molecule has 0 spiro atoms. The van der Waals surface area contributed by atoms with E-state index in [1.165, 1.54) is 15.8 Å². The van der Waals surface area contributed by atoms with Crippen molar-refractivity contribution in [3.8, 4) is 11.8 Å². The molecule has 2 heterocycles. The minimum absolute atomic E-state index is 0.122. The first-order valence-electron chi connectivity index (χ1n) is 6.97. The smallest absolute Gasteiger partial charge is 0.134 e. The second-order valence-electron chi connectivity index (χ2n) is 5.39. The largest absolute Gasteiger partial charge is 0.507 e. The number of aliphatic imine (C=N–C) groups is 1. The van der Waals surface area contributed by atoms with Crippen molar-refractivity contribution in [2.24, 2.45) is 4.99 Å². The number of hydrogen-bond acceptors (Lipinski definition) is 4. The Labute approximate surface area is 137 Å². The summed E-state index contributed by atoms with van der Waals surface area (Å²) in [6, 6.07) is 7.09. The number of halogens is 1. The van der Waals surface area contributed by atoms with E-state index in [0.717, 1.165) is 25.1 Å². The molecule has 0 bridgehead atoms. The van der Waals surface area contributed by atoms with E-state index in [1.54, 1.807) is 29.7 Å². The van der Waals surface area contributed by atoms with Crippen molar-refractivity contribution in [2.75, 3.05) is 13.6 Å². The van der Waals surface area contributed by atoms with Crippen molar-refractivity contribution >= 4 is 34.2 Å². The van der Waals surface area contributed by atoms with Crippen LogP contribution in [0.15, 0.2) is 23.2 Å². The molecule has 1 atom stereocenters. The number of thiophene rings is 1. The van der Waals surface area contributed by atoms with Gasteiger partial charge in [0.15, 0.2) is 0 Å². The Kier molecular flexibility index (Phi) is 4.16. The lowest BCUT2D eigenvalue weighted by atomic mass is 10.0. The lowest BCUT2D eigenvalue weighted by Gasteiger charge is -2.18. The van der Waals surface area contributed by atoms with Gasteiger partial charge in [0.25, 0.3) is 0 Å². The van der Waals surface area contributed by atoms with Crippen LogP contribution in [0.25, 0.3) is 0 Å². The standard InChI is InChI=1S/C16H14ClN3OS/c1-20-5-4-12-13(7-18)16(22-15(12)9-20)19-8-10-6-11(17)2-3-14(10)21/h2-3,6,8,21H,4-5,9H2,1H3/p+1/b19-8+. The van der Waals surface area contributed by atoms with E-state index in [4.69, 9.17) is 11.6 Å². The Hall–Kier alpha value is -1.87. The third kappa shape index (κ3) is 2.86. The molecule has 112 valence electrons. The second-order valence-corrected chi connectivity index (χ2v) is 6.91. The number of phenols is 1. The highest BCUT2D eigenvalue weighted by Crippen LogP contribution is 2.36. The minimum Gasteiger partial charge on any atom is -0.507 e. The number of fused-ring (bicyclic) bond motifs is 1. The van der Waals surface area contributed by atoms with Gasteiger partial charge in [0.2, 0.25) is 0 Å². The van der Waals surface area contributed by atoms with Crippen LogP contribution in [0, 0.1) is 11.3 Å². The highest BCUT2D eigenvalue weighted by Gasteiger charge is 2.24. The van der Waals surface area contributed by atoms with E-state index >= 15 is 0 Å². The Balaban J connectivity index is 1.97. The molecule has 0 saturated carbocycles. The zero-order valence-electron chi connectivity index (χ0n) is 12.1. The fraction of sp³-hybridized carbons (Fsp3) is 0.250. The van der Waals surface area contributed by atoms with Crippen LogP contribution in [-0.2, 0) is 13.0 Å². The van der Waals surface area contributed by atoms with Gasteiger partial charge in [-0.2, -0.15) is 5.26 Å². The first-order chi connectivity index (χ1) is 10.6. The average molecular weight is 333 g/mol. The van der Waals surface area contributed by atoms with E-state index < -0.39 is 0 Å². The molecule has 0 fully saturated rings. The number of rotatable bonds is 2. The fourth-order valence-corrected chi connectivity index (χ4v) is 4.01. The van der Waals surface area contributed by atoms with E-state index in [1.807, 2.05) is 0 Å². The maximum absolute atomic E-state index is 9.82. The normalized spacial score (nSPS) is 17.4. The van der Waals surface area contributed by atoms with Gasteiger partial charge < -0.3 is 10.0 Å². The molecule has 0 radical (unpaired) electrons. The molecular formula is C16H15ClN3OS+. The van der Waals surface area contributed by atoms with Crippen molar-refractivity contribution in [3.63, 3.8) is 0 Å². The molecule has 0 aliphatic carbocycles. The molecule has 4 nitrogen and oxygen atoms in total. The summed E-state index contributed by atoms with van der Waals surface area (Å²) in [4.78, 5) is 7.11. The Morgan fingerprint density at radius 2 is 2.32 bits per heavy atom. The molecule has 1 aromatic heterocycles. The molecular weight excluding hydrogens is 318 g/mol. The van der Waals surface area contributed by atoms with Crippen molar-refractivity contribution in [1.29, 1.82) is 5.26 Å². The van der Waals surface area contributed by atoms with Crippen LogP contribution in [0.2, 0.25) is 5.02 Å². The maximum atomic E-state index is 9.82. The Morgan fingerprint density at radius 3 is 3.09 bits per heavy atom. The van der Waals surface area contributed by atoms with Gasteiger partial charge >= 0.3 is 0 Å². The van der Waals surface area contributed by atoms with Gasteiger partial charge in [-0.15, -0.1) is 11.3 Å². The van der Waals surface area contributed by atoms with Gasteiger partial charge in [0.05, 0.1) is 24.0 Å². The molecule has 2 aromatic rings. The number of aromatic hydroxyl groups is 1. The highest BCUT2D eigenvalue weighted by molar-refractivity contribution is 7.16. The first-order valence-corrected chi connectivity index (χ1v) is 8.16. The number of benzene rings is 1. The number of quaternary nitrogens is 1. The molecule has 3 rings (SSSR count). The summed E-state index contributed by atoms with van der Waals surface area (Å²) in [6.45, 7) is 1.98. The zero-order valence-corrected chi connectivity index (χ0v) is 13.6. The van der Waals surface area contributed by atoms with E-state index in [0.29, 0.717) is 21.2 Å². The van der Waals surface area contributed by atoms with E-state index in [2.05, 4.69) is 18.1 Å². The predicted molar refractivity (Wildman–Crippen MR) is 88.6 cm³/mol. The summed E-state index contributed by atoms with van der Waals surface area (Å²) < 4.78 is 0. The molecule has 1 aliphatic rings. The van der Waals surface area contributed by atoms with Gasteiger partial charge in [-0.3, -0.25) is 0 Å².